The summed E-state index contributed by atoms with van der Waals surface area (Å²) in [4.78, 5) is 9.63. The van der Waals surface area contributed by atoms with Gasteiger partial charge in [0.2, 0.25) is 0 Å². The molecule has 0 saturated carbocycles. The van der Waals surface area contributed by atoms with Crippen molar-refractivity contribution in [3.8, 4) is 28.4 Å². The van der Waals surface area contributed by atoms with Crippen LogP contribution in [0.2, 0.25) is 0 Å². The minimum Gasteiger partial charge on any atom is -0.509 e. The number of nitrogens with zero attached hydrogens (tertiary/aromatic N) is 4. The minimum atomic E-state index is -0.242. The summed E-state index contributed by atoms with van der Waals surface area (Å²) in [6, 6.07) is 62.3. The van der Waals surface area contributed by atoms with E-state index in [1.165, 1.54) is 38.9 Å². The van der Waals surface area contributed by atoms with E-state index >= 15 is 0 Å². The van der Waals surface area contributed by atoms with E-state index in [0.29, 0.717) is 23.3 Å². The van der Waals surface area contributed by atoms with Gasteiger partial charge in [-0.05, 0) is 109 Å². The third-order valence-electron chi connectivity index (χ3n) is 14.3. The molecule has 1 aliphatic rings. The van der Waals surface area contributed by atoms with Gasteiger partial charge in [0, 0.05) is 66.8 Å². The standard InChI is InChI=1S/C65H65N4O.Pt/c1-42(2)53-24-20-25-54(43(3)4)62(53)44-33-49(67-41-68(59-28-19-18-27-58(59)67)50-36-47(63(5,6)7)35-48(37-50)64(8,9)10)39-52(34-44)70-51-29-30-56-55-23-16-17-26-57(55)69(60(56)40-51)61-38-46(31-32-66-61)65(11,12)45-21-14-13-15-22-45;/h13-38,41-43H,1-12H3;/q-3;. The number of anilines is 4. The summed E-state index contributed by atoms with van der Waals surface area (Å²) < 4.78 is 9.31. The summed E-state index contributed by atoms with van der Waals surface area (Å²) in [6.07, 6.45) is 1.93. The fourth-order valence-electron chi connectivity index (χ4n) is 10.1. The number of para-hydroxylation sites is 3. The van der Waals surface area contributed by atoms with Crippen LogP contribution in [0.5, 0.6) is 11.5 Å². The molecule has 0 fully saturated rings. The molecule has 0 unspecified atom stereocenters. The first-order valence-electron chi connectivity index (χ1n) is 24.9. The third-order valence-corrected chi connectivity index (χ3v) is 14.3. The Morgan fingerprint density at radius 2 is 1.15 bits per heavy atom. The van der Waals surface area contributed by atoms with Crippen LogP contribution in [0.4, 0.5) is 22.7 Å². The van der Waals surface area contributed by atoms with Crippen molar-refractivity contribution in [3.63, 3.8) is 0 Å². The first-order valence-corrected chi connectivity index (χ1v) is 24.9. The molecule has 0 N–H and O–H groups in total. The van der Waals surface area contributed by atoms with Crippen LogP contribution >= 0.6 is 0 Å². The normalized spacial score (nSPS) is 13.1. The van der Waals surface area contributed by atoms with Crippen molar-refractivity contribution in [2.24, 2.45) is 0 Å². The van der Waals surface area contributed by atoms with Crippen molar-refractivity contribution < 1.29 is 25.8 Å². The van der Waals surface area contributed by atoms with Crippen LogP contribution in [0.15, 0.2) is 158 Å². The first kappa shape index (κ1) is 49.6. The zero-order chi connectivity index (χ0) is 49.3. The van der Waals surface area contributed by atoms with E-state index in [4.69, 9.17) is 9.72 Å². The minimum absolute atomic E-state index is 0. The molecule has 1 aliphatic heterocycles. The van der Waals surface area contributed by atoms with Gasteiger partial charge in [-0.15, -0.1) is 53.6 Å². The largest absolute Gasteiger partial charge is 0.509 e. The second kappa shape index (κ2) is 19.0. The van der Waals surface area contributed by atoms with E-state index in [9.17, 15) is 0 Å². The second-order valence-electron chi connectivity index (χ2n) is 22.3. The molecule has 0 bridgehead atoms. The van der Waals surface area contributed by atoms with Crippen LogP contribution in [-0.2, 0) is 37.3 Å². The number of aromatic nitrogens is 2. The van der Waals surface area contributed by atoms with E-state index in [0.717, 1.165) is 55.9 Å². The fourth-order valence-corrected chi connectivity index (χ4v) is 10.1. The summed E-state index contributed by atoms with van der Waals surface area (Å²) >= 11 is 0. The molecule has 7 aromatic carbocycles. The Bertz CT molecular complexity index is 3350. The number of ether oxygens (including phenoxy) is 1. The van der Waals surface area contributed by atoms with Crippen molar-refractivity contribution in [1.82, 2.24) is 9.55 Å². The Morgan fingerprint density at radius 1 is 0.535 bits per heavy atom. The van der Waals surface area contributed by atoms with Gasteiger partial charge in [-0.1, -0.05) is 174 Å². The second-order valence-corrected chi connectivity index (χ2v) is 22.3. The molecule has 0 atom stereocenters. The van der Waals surface area contributed by atoms with E-state index in [2.05, 4.69) is 262 Å². The van der Waals surface area contributed by atoms with E-state index < -0.39 is 0 Å². The maximum atomic E-state index is 7.08. The topological polar surface area (TPSA) is 33.5 Å². The van der Waals surface area contributed by atoms with Gasteiger partial charge in [-0.25, -0.2) is 4.98 Å². The molecule has 5 nitrogen and oxygen atoms in total. The van der Waals surface area contributed by atoms with Gasteiger partial charge in [-0.3, -0.25) is 0 Å². The first-order chi connectivity index (χ1) is 33.4. The van der Waals surface area contributed by atoms with E-state index in [-0.39, 0.29) is 37.3 Å². The Kier molecular flexibility index (Phi) is 13.2. The quantitative estimate of drug-likeness (QED) is 0.128. The molecule has 2 aromatic heterocycles. The van der Waals surface area contributed by atoms with Gasteiger partial charge in [0.25, 0.3) is 0 Å². The van der Waals surface area contributed by atoms with Gasteiger partial charge >= 0.3 is 0 Å². The molecule has 6 heteroatoms. The van der Waals surface area contributed by atoms with E-state index in [1.54, 1.807) is 0 Å². The number of fused-ring (bicyclic) bond motifs is 4. The number of hydrogen-bond donors (Lipinski definition) is 0. The van der Waals surface area contributed by atoms with Crippen molar-refractivity contribution in [2.75, 3.05) is 9.80 Å². The molecule has 3 heterocycles. The van der Waals surface area contributed by atoms with Crippen molar-refractivity contribution in [1.29, 1.82) is 0 Å². The zero-order valence-electron chi connectivity index (χ0n) is 43.3. The van der Waals surface area contributed by atoms with Crippen molar-refractivity contribution >= 4 is 44.6 Å². The maximum Gasteiger partial charge on any atom is 0.135 e. The molecule has 9 aromatic rings. The van der Waals surface area contributed by atoms with Crippen LogP contribution < -0.4 is 14.5 Å². The van der Waals surface area contributed by atoms with Crippen molar-refractivity contribution in [3.05, 3.63) is 210 Å². The molecule has 0 spiro atoms. The van der Waals surface area contributed by atoms with Gasteiger partial charge in [0.15, 0.2) is 0 Å². The third kappa shape index (κ3) is 9.35. The Labute approximate surface area is 436 Å². The smallest absolute Gasteiger partial charge is 0.135 e. The molecule has 0 amide bonds. The van der Waals surface area contributed by atoms with Crippen LogP contribution in [0.3, 0.4) is 0 Å². The average Bonchev–Trinajstić information content (AvgIpc) is 3.89. The summed E-state index contributed by atoms with van der Waals surface area (Å²) in [6.45, 7) is 29.7. The fraction of sp³-hybridized carbons (Fsp3) is 0.262. The molecular weight excluding hydrogens is 1050 g/mol. The summed E-state index contributed by atoms with van der Waals surface area (Å²) in [5.74, 6) is 2.64. The number of pyridine rings is 1. The molecule has 0 aliphatic carbocycles. The van der Waals surface area contributed by atoms with Crippen LogP contribution in [0.1, 0.15) is 128 Å². The summed E-state index contributed by atoms with van der Waals surface area (Å²) in [7, 11) is 0. The summed E-state index contributed by atoms with van der Waals surface area (Å²) in [5.41, 5.74) is 15.8. The predicted octanol–water partition coefficient (Wildman–Crippen LogP) is 17.8. The molecule has 364 valence electrons. The van der Waals surface area contributed by atoms with Crippen LogP contribution in [0.25, 0.3) is 38.8 Å². The van der Waals surface area contributed by atoms with Gasteiger partial charge in [0.05, 0.1) is 0 Å². The molecule has 0 saturated heterocycles. The molecule has 10 rings (SSSR count). The Morgan fingerprint density at radius 3 is 1.80 bits per heavy atom. The van der Waals surface area contributed by atoms with Crippen LogP contribution in [-0.4, -0.2) is 9.55 Å². The maximum absolute atomic E-state index is 7.08. The molecule has 71 heavy (non-hydrogen) atoms. The number of hydrogen-bond acceptors (Lipinski definition) is 4. The zero-order valence-corrected chi connectivity index (χ0v) is 45.5. The monoisotopic (exact) mass is 1110 g/mol. The summed E-state index contributed by atoms with van der Waals surface area (Å²) in [5, 5.41) is 2.21. The van der Waals surface area contributed by atoms with Crippen LogP contribution in [0, 0.1) is 18.8 Å². The van der Waals surface area contributed by atoms with Gasteiger partial charge in [-0.2, -0.15) is 6.07 Å². The Balaban J connectivity index is 0.00000624. The Hall–Kier alpha value is -6.42. The molecule has 0 radical (unpaired) electrons. The SMILES string of the molecule is CC(C)c1cccc(C(C)C)c1-c1cc(Oc2[c-]c3c(cc2)c2ccccc2n3-c2cc(C(C)(C)c3ccccc3)ccn2)[c-]c(N2[CH-]N(c3cc(C(C)(C)C)cc(C(C)(C)C)c3)c3ccccc32)c1.[Pt]. The van der Waals surface area contributed by atoms with Gasteiger partial charge < -0.3 is 19.1 Å². The van der Waals surface area contributed by atoms with Crippen molar-refractivity contribution in [2.45, 2.75) is 111 Å². The average molecular weight is 1110 g/mol. The van der Waals surface area contributed by atoms with Gasteiger partial charge in [0.1, 0.15) is 5.82 Å². The number of benzene rings is 7. The van der Waals surface area contributed by atoms with E-state index in [1.807, 2.05) is 12.3 Å². The molecular formula is C65H65N4OPt-3. The number of rotatable bonds is 10. The predicted molar refractivity (Wildman–Crippen MR) is 294 cm³/mol.